The SMILES string of the molecule is CCn1cc(-c2cnc(NCc3c(F)ccc4c3CCO4)n3cc(C)nc23)cn1. The number of fused-ring (bicyclic) bond motifs is 2. The van der Waals surface area contributed by atoms with E-state index in [9.17, 15) is 4.39 Å². The van der Waals surface area contributed by atoms with Gasteiger partial charge in [-0.25, -0.2) is 14.4 Å². The lowest BCUT2D eigenvalue weighted by atomic mass is 10.0. The van der Waals surface area contributed by atoms with Crippen LogP contribution in [0, 0.1) is 12.7 Å². The van der Waals surface area contributed by atoms with E-state index in [4.69, 9.17) is 4.74 Å². The smallest absolute Gasteiger partial charge is 0.208 e. The van der Waals surface area contributed by atoms with Crippen molar-refractivity contribution in [1.82, 2.24) is 24.1 Å². The van der Waals surface area contributed by atoms with Gasteiger partial charge in [-0.2, -0.15) is 5.10 Å². The molecular weight excluding hydrogens is 371 g/mol. The van der Waals surface area contributed by atoms with Gasteiger partial charge in [0.05, 0.1) is 18.5 Å². The fourth-order valence-corrected chi connectivity index (χ4v) is 3.78. The number of hydrogen-bond acceptors (Lipinski definition) is 5. The number of hydrogen-bond donors (Lipinski definition) is 1. The molecule has 1 N–H and O–H groups in total. The molecule has 0 fully saturated rings. The maximum atomic E-state index is 14.4. The van der Waals surface area contributed by atoms with Gasteiger partial charge >= 0.3 is 0 Å². The summed E-state index contributed by atoms with van der Waals surface area (Å²) in [4.78, 5) is 9.26. The van der Waals surface area contributed by atoms with E-state index in [1.165, 1.54) is 6.07 Å². The quantitative estimate of drug-likeness (QED) is 0.562. The van der Waals surface area contributed by atoms with Gasteiger partial charge in [-0.1, -0.05) is 0 Å². The molecule has 0 radical (unpaired) electrons. The third kappa shape index (κ3) is 3.00. The summed E-state index contributed by atoms with van der Waals surface area (Å²) >= 11 is 0. The zero-order valence-electron chi connectivity index (χ0n) is 16.3. The number of ether oxygens (including phenoxy) is 1. The molecule has 0 saturated carbocycles. The average Bonchev–Trinajstić information content (AvgIpc) is 3.45. The number of anilines is 1. The Morgan fingerprint density at radius 3 is 2.97 bits per heavy atom. The van der Waals surface area contributed by atoms with Crippen LogP contribution in [-0.2, 0) is 19.5 Å². The highest BCUT2D eigenvalue weighted by Gasteiger charge is 2.20. The molecule has 0 unspecified atom stereocenters. The summed E-state index contributed by atoms with van der Waals surface area (Å²) in [6.07, 6.45) is 8.23. The van der Waals surface area contributed by atoms with E-state index in [1.54, 1.807) is 12.3 Å². The van der Waals surface area contributed by atoms with Crippen molar-refractivity contribution >= 4 is 11.6 Å². The van der Waals surface area contributed by atoms with Gasteiger partial charge in [0.2, 0.25) is 5.95 Å². The van der Waals surface area contributed by atoms with Gasteiger partial charge in [0, 0.05) is 60.4 Å². The molecule has 0 saturated heterocycles. The van der Waals surface area contributed by atoms with Crippen LogP contribution in [-0.4, -0.2) is 30.8 Å². The summed E-state index contributed by atoms with van der Waals surface area (Å²) in [6.45, 7) is 5.70. The first-order valence-electron chi connectivity index (χ1n) is 9.68. The Morgan fingerprint density at radius 1 is 1.24 bits per heavy atom. The van der Waals surface area contributed by atoms with Crippen molar-refractivity contribution in [1.29, 1.82) is 0 Å². The predicted molar refractivity (Wildman–Crippen MR) is 108 cm³/mol. The average molecular weight is 392 g/mol. The Kier molecular flexibility index (Phi) is 4.19. The second-order valence-corrected chi connectivity index (χ2v) is 7.11. The number of aromatic nitrogens is 5. The molecule has 4 aromatic rings. The summed E-state index contributed by atoms with van der Waals surface area (Å²) in [5.74, 6) is 1.15. The first kappa shape index (κ1) is 17.7. The molecule has 3 aromatic heterocycles. The van der Waals surface area contributed by atoms with Crippen LogP contribution in [0.3, 0.4) is 0 Å². The summed E-state index contributed by atoms with van der Waals surface area (Å²) in [7, 11) is 0. The number of nitrogens with zero attached hydrogens (tertiary/aromatic N) is 5. The molecule has 0 aliphatic carbocycles. The molecule has 0 spiro atoms. The fourth-order valence-electron chi connectivity index (χ4n) is 3.78. The second kappa shape index (κ2) is 6.88. The van der Waals surface area contributed by atoms with E-state index < -0.39 is 0 Å². The van der Waals surface area contributed by atoms with Crippen LogP contribution in [0.15, 0.2) is 36.9 Å². The monoisotopic (exact) mass is 392 g/mol. The van der Waals surface area contributed by atoms with Crippen LogP contribution in [0.1, 0.15) is 23.7 Å². The van der Waals surface area contributed by atoms with E-state index >= 15 is 0 Å². The zero-order chi connectivity index (χ0) is 20.0. The highest BCUT2D eigenvalue weighted by molar-refractivity contribution is 5.77. The van der Waals surface area contributed by atoms with Crippen LogP contribution in [0.2, 0.25) is 0 Å². The lowest BCUT2D eigenvalue weighted by molar-refractivity contribution is 0.356. The van der Waals surface area contributed by atoms with Crippen molar-refractivity contribution in [3.63, 3.8) is 0 Å². The summed E-state index contributed by atoms with van der Waals surface area (Å²) in [5.41, 5.74) is 5.09. The number of aryl methyl sites for hydroxylation is 2. The Labute approximate surface area is 167 Å². The molecule has 0 atom stereocenters. The van der Waals surface area contributed by atoms with E-state index in [0.717, 1.165) is 46.7 Å². The molecule has 4 heterocycles. The molecule has 148 valence electrons. The van der Waals surface area contributed by atoms with Gasteiger partial charge in [-0.3, -0.25) is 9.08 Å². The number of rotatable bonds is 5. The lowest BCUT2D eigenvalue weighted by Gasteiger charge is -2.12. The Balaban J connectivity index is 1.51. The number of halogens is 1. The molecule has 29 heavy (non-hydrogen) atoms. The van der Waals surface area contributed by atoms with Crippen molar-refractivity contribution < 1.29 is 9.13 Å². The van der Waals surface area contributed by atoms with Crippen LogP contribution < -0.4 is 10.1 Å². The number of nitrogens with one attached hydrogen (secondary N) is 1. The predicted octanol–water partition coefficient (Wildman–Crippen LogP) is 3.61. The normalized spacial score (nSPS) is 12.9. The zero-order valence-corrected chi connectivity index (χ0v) is 16.3. The van der Waals surface area contributed by atoms with Gasteiger partial charge in [-0.05, 0) is 26.0 Å². The van der Waals surface area contributed by atoms with Crippen LogP contribution in [0.25, 0.3) is 16.8 Å². The maximum Gasteiger partial charge on any atom is 0.208 e. The van der Waals surface area contributed by atoms with E-state index in [2.05, 4.69) is 20.4 Å². The standard InChI is InChI=1S/C21H21FN6O/c1-3-27-12-14(8-25-27)16-9-23-21(28-11-13(2)26-20(16)28)24-10-17-15-6-7-29-19(15)5-4-18(17)22/h4-5,8-9,11-12H,3,6-7,10H2,1-2H3,(H,23,24). The first-order valence-corrected chi connectivity index (χ1v) is 9.68. The fraction of sp³-hybridized carbons (Fsp3) is 0.286. The summed E-state index contributed by atoms with van der Waals surface area (Å²) in [6, 6.07) is 3.15. The Hall–Kier alpha value is -3.42. The first-order chi connectivity index (χ1) is 14.1. The molecule has 8 heteroatoms. The van der Waals surface area contributed by atoms with E-state index in [0.29, 0.717) is 24.7 Å². The van der Waals surface area contributed by atoms with Crippen molar-refractivity contribution in [3.8, 4) is 16.9 Å². The highest BCUT2D eigenvalue weighted by atomic mass is 19.1. The molecule has 1 aromatic carbocycles. The van der Waals surface area contributed by atoms with E-state index in [-0.39, 0.29) is 5.82 Å². The number of imidazole rings is 1. The van der Waals surface area contributed by atoms with Gasteiger partial charge in [0.25, 0.3) is 0 Å². The van der Waals surface area contributed by atoms with Gasteiger partial charge in [0.15, 0.2) is 0 Å². The molecule has 5 rings (SSSR count). The van der Waals surface area contributed by atoms with Crippen LogP contribution in [0.5, 0.6) is 5.75 Å². The third-order valence-corrected chi connectivity index (χ3v) is 5.24. The highest BCUT2D eigenvalue weighted by Crippen LogP contribution is 2.31. The molecule has 0 amide bonds. The number of benzene rings is 1. The Bertz CT molecular complexity index is 1210. The van der Waals surface area contributed by atoms with Crippen molar-refractivity contribution in [2.45, 2.75) is 33.4 Å². The second-order valence-electron chi connectivity index (χ2n) is 7.11. The van der Waals surface area contributed by atoms with Crippen LogP contribution >= 0.6 is 0 Å². The topological polar surface area (TPSA) is 69.3 Å². The molecule has 0 bridgehead atoms. The minimum absolute atomic E-state index is 0.233. The van der Waals surface area contributed by atoms with Crippen molar-refractivity contribution in [2.75, 3.05) is 11.9 Å². The Morgan fingerprint density at radius 2 is 2.14 bits per heavy atom. The van der Waals surface area contributed by atoms with Crippen LogP contribution in [0.4, 0.5) is 10.3 Å². The maximum absolute atomic E-state index is 14.4. The van der Waals surface area contributed by atoms with Crippen molar-refractivity contribution in [2.24, 2.45) is 0 Å². The van der Waals surface area contributed by atoms with Crippen molar-refractivity contribution in [3.05, 3.63) is 59.6 Å². The summed E-state index contributed by atoms with van der Waals surface area (Å²) in [5, 5.41) is 7.63. The van der Waals surface area contributed by atoms with Gasteiger partial charge < -0.3 is 10.1 Å². The molecule has 1 aliphatic rings. The minimum Gasteiger partial charge on any atom is -0.493 e. The minimum atomic E-state index is -0.233. The van der Waals surface area contributed by atoms with Gasteiger partial charge in [-0.15, -0.1) is 0 Å². The van der Waals surface area contributed by atoms with Gasteiger partial charge in [0.1, 0.15) is 17.2 Å². The summed E-state index contributed by atoms with van der Waals surface area (Å²) < 4.78 is 23.8. The molecule has 1 aliphatic heterocycles. The van der Waals surface area contributed by atoms with E-state index in [1.807, 2.05) is 41.5 Å². The molecule has 7 nitrogen and oxygen atoms in total. The molecular formula is C21H21FN6O. The largest absolute Gasteiger partial charge is 0.493 e. The third-order valence-electron chi connectivity index (χ3n) is 5.24. The lowest BCUT2D eigenvalue weighted by Crippen LogP contribution is -2.09.